The van der Waals surface area contributed by atoms with E-state index in [9.17, 15) is 4.39 Å². The summed E-state index contributed by atoms with van der Waals surface area (Å²) in [7, 11) is -1.86. The minimum absolute atomic E-state index is 0. The molecule has 12 heavy (non-hydrogen) atoms. The molecule has 0 fully saturated rings. The largest absolute Gasteiger partial charge is 0.707 e. The molecular weight excluding hydrogens is 161 g/mol. The number of hydrogen-bond acceptors (Lipinski definition) is 3. The van der Waals surface area contributed by atoms with Gasteiger partial charge >= 0.3 is 7.32 Å². The molecule has 0 aliphatic carbocycles. The summed E-state index contributed by atoms with van der Waals surface area (Å²) in [5, 5.41) is 16.6. The van der Waals surface area contributed by atoms with Gasteiger partial charge in [0.15, 0.2) is 0 Å². The summed E-state index contributed by atoms with van der Waals surface area (Å²) in [6.07, 6.45) is 0. The number of benzene rings is 1. The lowest BCUT2D eigenvalue weighted by molar-refractivity contribution is 0.288. The van der Waals surface area contributed by atoms with Crippen LogP contribution in [0.15, 0.2) is 24.3 Å². The maximum absolute atomic E-state index is 12.2. The van der Waals surface area contributed by atoms with Crippen LogP contribution in [-0.4, -0.2) is 25.8 Å². The van der Waals surface area contributed by atoms with Crippen molar-refractivity contribution in [1.29, 1.82) is 0 Å². The average Bonchev–Trinajstić information content (AvgIpc) is 1.93. The van der Waals surface area contributed by atoms with Gasteiger partial charge in [0.05, 0.1) is 0 Å². The van der Waals surface area contributed by atoms with Crippen molar-refractivity contribution in [2.24, 2.45) is 0 Å². The van der Waals surface area contributed by atoms with Gasteiger partial charge in [0.2, 0.25) is 0 Å². The zero-order chi connectivity index (χ0) is 8.27. The molecule has 3 nitrogen and oxygen atoms in total. The highest BCUT2D eigenvalue weighted by Gasteiger charge is 2.10. The van der Waals surface area contributed by atoms with Gasteiger partial charge in [-0.2, -0.15) is 0 Å². The zero-order valence-corrected chi connectivity index (χ0v) is 6.14. The first-order valence-electron chi connectivity index (χ1n) is 2.97. The maximum Gasteiger partial charge on any atom is 0.707 e. The summed E-state index contributed by atoms with van der Waals surface area (Å²) in [5.41, 5.74) is 0. The number of rotatable bonds is 2. The van der Waals surface area contributed by atoms with Crippen LogP contribution in [0.5, 0.6) is 5.75 Å². The molecule has 0 saturated carbocycles. The van der Waals surface area contributed by atoms with Crippen LogP contribution in [0.4, 0.5) is 4.39 Å². The van der Waals surface area contributed by atoms with E-state index >= 15 is 0 Å². The summed E-state index contributed by atoms with van der Waals surface area (Å²) >= 11 is 0. The highest BCUT2D eigenvalue weighted by Crippen LogP contribution is 2.10. The standard InChI is InChI=1S/C6H6BFO3.B/c8-5-1-3-6(4-2-5)11-7(9)10;/h1-4,9-10H;. The van der Waals surface area contributed by atoms with E-state index in [1.165, 1.54) is 12.1 Å². The fourth-order valence-electron chi connectivity index (χ4n) is 0.635. The maximum atomic E-state index is 12.2. The van der Waals surface area contributed by atoms with Crippen LogP contribution >= 0.6 is 0 Å². The van der Waals surface area contributed by atoms with Crippen LogP contribution in [0.3, 0.4) is 0 Å². The van der Waals surface area contributed by atoms with E-state index in [1.54, 1.807) is 0 Å². The Morgan fingerprint density at radius 1 is 1.17 bits per heavy atom. The molecule has 2 N–H and O–H groups in total. The van der Waals surface area contributed by atoms with E-state index < -0.39 is 13.1 Å². The molecule has 0 heterocycles. The Balaban J connectivity index is 0.00000121. The highest BCUT2D eigenvalue weighted by molar-refractivity contribution is 6.33. The third-order valence-corrected chi connectivity index (χ3v) is 1.06. The second-order valence-corrected chi connectivity index (χ2v) is 1.90. The van der Waals surface area contributed by atoms with Crippen molar-refractivity contribution >= 4 is 15.7 Å². The fourth-order valence-corrected chi connectivity index (χ4v) is 0.635. The Kier molecular flexibility index (Phi) is 4.39. The summed E-state index contributed by atoms with van der Waals surface area (Å²) in [6, 6.07) is 4.93. The normalized spacial score (nSPS) is 8.58. The first kappa shape index (κ1) is 11.0. The minimum Gasteiger partial charge on any atom is -0.512 e. The van der Waals surface area contributed by atoms with Crippen LogP contribution < -0.4 is 4.65 Å². The fraction of sp³-hybridized carbons (Fsp3) is 0. The van der Waals surface area contributed by atoms with Crippen molar-refractivity contribution in [2.75, 3.05) is 0 Å². The Morgan fingerprint density at radius 3 is 2.08 bits per heavy atom. The molecule has 0 atom stereocenters. The van der Waals surface area contributed by atoms with E-state index in [0.29, 0.717) is 0 Å². The SMILES string of the molecule is OB(O)Oc1ccc(F)cc1.[B]. The Labute approximate surface area is 71.5 Å². The summed E-state index contributed by atoms with van der Waals surface area (Å²) in [6.45, 7) is 0. The van der Waals surface area contributed by atoms with Gasteiger partial charge in [0.25, 0.3) is 0 Å². The van der Waals surface area contributed by atoms with Gasteiger partial charge in [-0.25, -0.2) is 4.39 Å². The molecule has 0 aliphatic heterocycles. The lowest BCUT2D eigenvalue weighted by atomic mass is 10.2. The van der Waals surface area contributed by atoms with Crippen LogP contribution in [0.1, 0.15) is 0 Å². The summed E-state index contributed by atoms with van der Waals surface area (Å²) in [5.74, 6) is -0.189. The Bertz CT molecular complexity index is 227. The van der Waals surface area contributed by atoms with Gasteiger partial charge in [-0.1, -0.05) is 0 Å². The number of hydrogen-bond donors (Lipinski definition) is 2. The smallest absolute Gasteiger partial charge is 0.512 e. The molecule has 1 rings (SSSR count). The van der Waals surface area contributed by atoms with Gasteiger partial charge in [0.1, 0.15) is 11.6 Å². The average molecular weight is 167 g/mol. The van der Waals surface area contributed by atoms with Crippen molar-refractivity contribution in [3.8, 4) is 5.75 Å². The monoisotopic (exact) mass is 167 g/mol. The molecule has 1 aromatic carbocycles. The molecule has 0 amide bonds. The summed E-state index contributed by atoms with van der Waals surface area (Å²) < 4.78 is 16.7. The van der Waals surface area contributed by atoms with E-state index in [0.717, 1.165) is 12.1 Å². The first-order valence-corrected chi connectivity index (χ1v) is 2.97. The number of halogens is 1. The third kappa shape index (κ3) is 3.41. The molecule has 61 valence electrons. The zero-order valence-electron chi connectivity index (χ0n) is 6.14. The lowest BCUT2D eigenvalue weighted by Crippen LogP contribution is -2.20. The van der Waals surface area contributed by atoms with Crippen LogP contribution in [0, 0.1) is 5.82 Å². The third-order valence-electron chi connectivity index (χ3n) is 1.06. The molecule has 3 radical (unpaired) electrons. The quantitative estimate of drug-likeness (QED) is 0.599. The van der Waals surface area contributed by atoms with Crippen molar-refractivity contribution < 1.29 is 19.1 Å². The van der Waals surface area contributed by atoms with Gasteiger partial charge < -0.3 is 14.7 Å². The molecule has 0 aliphatic rings. The van der Waals surface area contributed by atoms with E-state index in [4.69, 9.17) is 10.0 Å². The molecule has 0 unspecified atom stereocenters. The predicted molar refractivity (Wildman–Crippen MR) is 43.0 cm³/mol. The Hall–Kier alpha value is -1.00. The van der Waals surface area contributed by atoms with Crippen molar-refractivity contribution in [2.45, 2.75) is 0 Å². The van der Waals surface area contributed by atoms with Gasteiger partial charge in [-0.3, -0.25) is 0 Å². The van der Waals surface area contributed by atoms with Gasteiger partial charge in [-0.05, 0) is 24.3 Å². The molecule has 0 bridgehead atoms. The second-order valence-electron chi connectivity index (χ2n) is 1.90. The molecule has 0 spiro atoms. The van der Waals surface area contributed by atoms with E-state index in [-0.39, 0.29) is 14.2 Å². The topological polar surface area (TPSA) is 49.7 Å². The molecular formula is C6H6B2FO3. The van der Waals surface area contributed by atoms with Gasteiger partial charge in [-0.15, -0.1) is 0 Å². The van der Waals surface area contributed by atoms with Crippen molar-refractivity contribution in [3.05, 3.63) is 30.1 Å². The van der Waals surface area contributed by atoms with E-state index in [2.05, 4.69) is 4.65 Å². The van der Waals surface area contributed by atoms with Crippen LogP contribution in [-0.2, 0) is 0 Å². The minimum atomic E-state index is -1.86. The molecule has 6 heteroatoms. The second kappa shape index (κ2) is 4.79. The molecule has 0 saturated heterocycles. The first-order chi connectivity index (χ1) is 5.18. The van der Waals surface area contributed by atoms with Crippen molar-refractivity contribution in [1.82, 2.24) is 0 Å². The van der Waals surface area contributed by atoms with Crippen molar-refractivity contribution in [3.63, 3.8) is 0 Å². The predicted octanol–water partition coefficient (Wildman–Crippen LogP) is -0.207. The highest BCUT2D eigenvalue weighted by atomic mass is 19.1. The van der Waals surface area contributed by atoms with Gasteiger partial charge in [0, 0.05) is 8.41 Å². The molecule has 0 aromatic heterocycles. The van der Waals surface area contributed by atoms with Crippen LogP contribution in [0.2, 0.25) is 0 Å². The molecule has 1 aromatic rings. The Morgan fingerprint density at radius 2 is 1.67 bits per heavy atom. The summed E-state index contributed by atoms with van der Waals surface area (Å²) in [4.78, 5) is 0. The van der Waals surface area contributed by atoms with E-state index in [1.807, 2.05) is 0 Å². The van der Waals surface area contributed by atoms with Crippen LogP contribution in [0.25, 0.3) is 0 Å². The lowest BCUT2D eigenvalue weighted by Gasteiger charge is -2.02.